The van der Waals surface area contributed by atoms with Crippen molar-refractivity contribution in [3.63, 3.8) is 0 Å². The highest BCUT2D eigenvalue weighted by molar-refractivity contribution is 7.19. The van der Waals surface area contributed by atoms with Gasteiger partial charge in [-0.25, -0.2) is 0 Å². The first-order valence-corrected chi connectivity index (χ1v) is 7.84. The van der Waals surface area contributed by atoms with E-state index in [9.17, 15) is 15.3 Å². The smallest absolute Gasteiger partial charge is 0.235 e. The zero-order valence-corrected chi connectivity index (χ0v) is 13.2. The van der Waals surface area contributed by atoms with Gasteiger partial charge >= 0.3 is 0 Å². The Balaban J connectivity index is 2.00. The fourth-order valence-electron chi connectivity index (χ4n) is 2.03. The number of aliphatic hydroxyl groups excluding tert-OH is 4. The second kappa shape index (κ2) is 6.48. The lowest BCUT2D eigenvalue weighted by molar-refractivity contribution is -0.0808. The zero-order chi connectivity index (χ0) is 16.6. The number of halogens is 1. The van der Waals surface area contributed by atoms with E-state index in [0.717, 1.165) is 0 Å². The Morgan fingerprint density at radius 3 is 2.61 bits per heavy atom. The lowest BCUT2D eigenvalue weighted by Crippen LogP contribution is -2.35. The number of nitrogens with zero attached hydrogens (tertiary/aromatic N) is 4. The van der Waals surface area contributed by atoms with Gasteiger partial charge in [-0.1, -0.05) is 41.1 Å². The minimum atomic E-state index is -1.61. The summed E-state index contributed by atoms with van der Waals surface area (Å²) in [4.78, 5) is 0.402. The van der Waals surface area contributed by atoms with E-state index in [0.29, 0.717) is 20.6 Å². The molecule has 122 valence electrons. The van der Waals surface area contributed by atoms with Crippen LogP contribution in [0.4, 0.5) is 0 Å². The molecular weight excluding hydrogens is 344 g/mol. The third kappa shape index (κ3) is 2.94. The fraction of sp³-hybridized carbons (Fsp3) is 0.308. The Labute approximate surface area is 139 Å². The van der Waals surface area contributed by atoms with Gasteiger partial charge in [0, 0.05) is 5.56 Å². The predicted molar refractivity (Wildman–Crippen MR) is 83.2 cm³/mol. The molecule has 0 unspecified atom stereocenters. The first kappa shape index (κ1) is 16.2. The van der Waals surface area contributed by atoms with Crippen LogP contribution in [0.5, 0.6) is 0 Å². The van der Waals surface area contributed by atoms with Gasteiger partial charge < -0.3 is 20.4 Å². The quantitative estimate of drug-likeness (QED) is 0.516. The molecule has 0 saturated carbocycles. The van der Waals surface area contributed by atoms with Crippen LogP contribution in [-0.4, -0.2) is 59.1 Å². The molecule has 0 spiro atoms. The summed E-state index contributed by atoms with van der Waals surface area (Å²) >= 11 is 7.36. The normalized spacial score (nSPS) is 15.7. The van der Waals surface area contributed by atoms with Crippen LogP contribution in [0.3, 0.4) is 0 Å². The maximum Gasteiger partial charge on any atom is 0.235 e. The number of benzene rings is 1. The highest BCUT2D eigenvalue weighted by Gasteiger charge is 2.30. The molecule has 0 amide bonds. The second-order valence-electron chi connectivity index (χ2n) is 4.82. The lowest BCUT2D eigenvalue weighted by Gasteiger charge is -2.19. The molecule has 0 aliphatic carbocycles. The summed E-state index contributed by atoms with van der Waals surface area (Å²) in [5.74, 6) is -0.0328. The maximum atomic E-state index is 10.1. The van der Waals surface area contributed by atoms with E-state index in [1.807, 2.05) is 6.07 Å². The molecule has 3 aromatic rings. The number of hydrogen-bond donors (Lipinski definition) is 4. The van der Waals surface area contributed by atoms with Crippen LogP contribution in [-0.2, 0) is 0 Å². The number of hydrogen-bond acceptors (Lipinski definition) is 8. The molecule has 0 aliphatic rings. The molecular formula is C13H13ClN4O4S. The molecule has 23 heavy (non-hydrogen) atoms. The molecule has 0 aliphatic heterocycles. The number of aromatic nitrogens is 4. The van der Waals surface area contributed by atoms with Gasteiger partial charge in [0.25, 0.3) is 0 Å². The molecule has 0 saturated heterocycles. The monoisotopic (exact) mass is 356 g/mol. The second-order valence-corrected chi connectivity index (χ2v) is 6.19. The van der Waals surface area contributed by atoms with Crippen molar-refractivity contribution in [3.05, 3.63) is 35.1 Å². The van der Waals surface area contributed by atoms with E-state index in [1.165, 1.54) is 15.9 Å². The van der Waals surface area contributed by atoms with Crippen molar-refractivity contribution in [2.24, 2.45) is 0 Å². The van der Waals surface area contributed by atoms with Crippen LogP contribution < -0.4 is 0 Å². The predicted octanol–water partition coefficient (Wildman–Crippen LogP) is 0.254. The Morgan fingerprint density at radius 2 is 1.91 bits per heavy atom. The summed E-state index contributed by atoms with van der Waals surface area (Å²) in [5.41, 5.74) is 0.709. The first-order chi connectivity index (χ1) is 11.0. The van der Waals surface area contributed by atoms with Gasteiger partial charge in [-0.15, -0.1) is 10.2 Å². The number of fused-ring (bicyclic) bond motifs is 1. The third-order valence-electron chi connectivity index (χ3n) is 3.29. The van der Waals surface area contributed by atoms with Gasteiger partial charge in [-0.3, -0.25) is 0 Å². The molecule has 10 heteroatoms. The van der Waals surface area contributed by atoms with E-state index in [1.54, 1.807) is 18.2 Å². The van der Waals surface area contributed by atoms with Crippen molar-refractivity contribution in [2.75, 3.05) is 6.61 Å². The zero-order valence-electron chi connectivity index (χ0n) is 11.6. The van der Waals surface area contributed by atoms with Crippen molar-refractivity contribution >= 4 is 27.9 Å². The Kier molecular flexibility index (Phi) is 4.57. The van der Waals surface area contributed by atoms with Crippen LogP contribution in [0, 0.1) is 0 Å². The van der Waals surface area contributed by atoms with Crippen molar-refractivity contribution in [2.45, 2.75) is 18.3 Å². The van der Waals surface area contributed by atoms with E-state index in [2.05, 4.69) is 15.3 Å². The maximum absolute atomic E-state index is 10.1. The van der Waals surface area contributed by atoms with Crippen LogP contribution in [0.1, 0.15) is 11.9 Å². The Hall–Kier alpha value is -1.62. The van der Waals surface area contributed by atoms with Crippen LogP contribution >= 0.6 is 22.9 Å². The third-order valence-corrected chi connectivity index (χ3v) is 4.55. The standard InChI is InChI=1S/C13H13ClN4O4S/c14-7-4-2-1-3-6(7)12-17-18-11(15-16-13(18)23-12)10(22)9(21)8(20)5-19/h1-4,8-10,19-22H,5H2/t8-,9+,10+/m1/s1. The van der Waals surface area contributed by atoms with E-state index < -0.39 is 24.9 Å². The average molecular weight is 357 g/mol. The Bertz CT molecular complexity index is 823. The van der Waals surface area contributed by atoms with Crippen molar-refractivity contribution in [3.8, 4) is 10.6 Å². The van der Waals surface area contributed by atoms with Crippen LogP contribution in [0.25, 0.3) is 15.5 Å². The average Bonchev–Trinajstić information content (AvgIpc) is 3.13. The highest BCUT2D eigenvalue weighted by atomic mass is 35.5. The van der Waals surface area contributed by atoms with Crippen molar-refractivity contribution in [1.29, 1.82) is 0 Å². The van der Waals surface area contributed by atoms with Gasteiger partial charge in [0.1, 0.15) is 23.3 Å². The number of aliphatic hydroxyl groups is 4. The summed E-state index contributed by atoms with van der Waals surface area (Å²) in [7, 11) is 0. The van der Waals surface area contributed by atoms with Gasteiger partial charge in [0.2, 0.25) is 4.96 Å². The van der Waals surface area contributed by atoms with Gasteiger partial charge in [0.15, 0.2) is 5.82 Å². The molecule has 2 heterocycles. The molecule has 2 aromatic heterocycles. The summed E-state index contributed by atoms with van der Waals surface area (Å²) in [5, 5.41) is 51.3. The van der Waals surface area contributed by atoms with E-state index >= 15 is 0 Å². The van der Waals surface area contributed by atoms with Gasteiger partial charge in [0.05, 0.1) is 11.6 Å². The summed E-state index contributed by atoms with van der Waals surface area (Å²) in [6.07, 6.45) is -4.66. The lowest BCUT2D eigenvalue weighted by atomic mass is 10.1. The molecule has 0 bridgehead atoms. The molecule has 4 N–H and O–H groups in total. The molecule has 0 fully saturated rings. The van der Waals surface area contributed by atoms with Gasteiger partial charge in [-0.05, 0) is 6.07 Å². The Morgan fingerprint density at radius 1 is 1.17 bits per heavy atom. The molecule has 3 atom stereocenters. The topological polar surface area (TPSA) is 124 Å². The van der Waals surface area contributed by atoms with Gasteiger partial charge in [-0.2, -0.15) is 9.61 Å². The summed E-state index contributed by atoms with van der Waals surface area (Å²) in [6, 6.07) is 7.15. The highest BCUT2D eigenvalue weighted by Crippen LogP contribution is 2.32. The minimum Gasteiger partial charge on any atom is -0.394 e. The molecule has 8 nitrogen and oxygen atoms in total. The minimum absolute atomic E-state index is 0.0328. The van der Waals surface area contributed by atoms with E-state index in [4.69, 9.17) is 16.7 Å². The summed E-state index contributed by atoms with van der Waals surface area (Å²) < 4.78 is 1.28. The molecule has 0 radical (unpaired) electrons. The van der Waals surface area contributed by atoms with Crippen molar-refractivity contribution in [1.82, 2.24) is 19.8 Å². The van der Waals surface area contributed by atoms with Crippen LogP contribution in [0.2, 0.25) is 5.02 Å². The van der Waals surface area contributed by atoms with E-state index in [-0.39, 0.29) is 5.82 Å². The first-order valence-electron chi connectivity index (χ1n) is 6.65. The largest absolute Gasteiger partial charge is 0.394 e. The van der Waals surface area contributed by atoms with Crippen LogP contribution in [0.15, 0.2) is 24.3 Å². The SMILES string of the molecule is OC[C@@H](O)[C@H](O)[C@H](O)c1nnc2sc(-c3ccccc3Cl)nn12. The molecule has 3 rings (SSSR count). The summed E-state index contributed by atoms with van der Waals surface area (Å²) in [6.45, 7) is -0.692. The number of rotatable bonds is 5. The fourth-order valence-corrected chi connectivity index (χ4v) is 3.20. The molecule has 1 aromatic carbocycles. The van der Waals surface area contributed by atoms with Crippen molar-refractivity contribution < 1.29 is 20.4 Å².